The second-order valence-corrected chi connectivity index (χ2v) is 8.77. The largest absolute Gasteiger partial charge is 0.354 e. The molecular weight excluding hydrogens is 330 g/mol. The number of nitrogens with zero attached hydrogens (tertiary/aromatic N) is 1. The van der Waals surface area contributed by atoms with Gasteiger partial charge in [0.2, 0.25) is 21.8 Å². The van der Waals surface area contributed by atoms with Crippen molar-refractivity contribution >= 4 is 21.8 Å². The molecule has 142 valence electrons. The van der Waals surface area contributed by atoms with Gasteiger partial charge in [-0.25, -0.2) is 12.7 Å². The molecule has 0 aliphatic rings. The molecule has 0 aliphatic heterocycles. The Morgan fingerprint density at radius 1 is 1.12 bits per heavy atom. The number of rotatable bonds is 11. The Balaban J connectivity index is 4.42. The fraction of sp³-hybridized carbons (Fsp3) is 0.875. The lowest BCUT2D eigenvalue weighted by Crippen LogP contribution is -2.50. The molecule has 0 spiro atoms. The third-order valence-electron chi connectivity index (χ3n) is 3.56. The van der Waals surface area contributed by atoms with Crippen molar-refractivity contribution in [2.24, 2.45) is 11.8 Å². The fourth-order valence-electron chi connectivity index (χ4n) is 2.27. The molecule has 0 radical (unpaired) electrons. The van der Waals surface area contributed by atoms with Gasteiger partial charge < -0.3 is 10.6 Å². The molecule has 0 aromatic carbocycles. The monoisotopic (exact) mass is 363 g/mol. The van der Waals surface area contributed by atoms with Crippen LogP contribution < -0.4 is 10.6 Å². The lowest BCUT2D eigenvalue weighted by molar-refractivity contribution is -0.130. The topological polar surface area (TPSA) is 95.6 Å². The summed E-state index contributed by atoms with van der Waals surface area (Å²) in [4.78, 5) is 24.1. The first-order valence-electron chi connectivity index (χ1n) is 8.51. The highest BCUT2D eigenvalue weighted by molar-refractivity contribution is 7.88. The van der Waals surface area contributed by atoms with Crippen molar-refractivity contribution in [1.29, 1.82) is 0 Å². The zero-order chi connectivity index (χ0) is 18.9. The van der Waals surface area contributed by atoms with Crippen molar-refractivity contribution in [1.82, 2.24) is 14.9 Å². The van der Waals surface area contributed by atoms with E-state index in [-0.39, 0.29) is 23.7 Å². The van der Waals surface area contributed by atoms with Gasteiger partial charge >= 0.3 is 0 Å². The summed E-state index contributed by atoms with van der Waals surface area (Å²) in [5, 5.41) is 5.55. The number of hydrogen-bond donors (Lipinski definition) is 2. The van der Waals surface area contributed by atoms with Crippen LogP contribution in [-0.2, 0) is 19.6 Å². The summed E-state index contributed by atoms with van der Waals surface area (Å²) in [5.41, 5.74) is 0. The fourth-order valence-corrected chi connectivity index (χ4v) is 3.20. The average Bonchev–Trinajstić information content (AvgIpc) is 2.41. The predicted molar refractivity (Wildman–Crippen MR) is 95.9 cm³/mol. The maximum atomic E-state index is 12.3. The minimum absolute atomic E-state index is 0.0238. The van der Waals surface area contributed by atoms with Gasteiger partial charge in [0.1, 0.15) is 6.04 Å². The summed E-state index contributed by atoms with van der Waals surface area (Å²) in [6.07, 6.45) is 2.09. The van der Waals surface area contributed by atoms with Gasteiger partial charge in [0.15, 0.2) is 0 Å². The number of carbonyl (C=O) groups excluding carboxylic acids is 2. The normalized spacial score (nSPS) is 13.4. The van der Waals surface area contributed by atoms with Crippen molar-refractivity contribution in [3.8, 4) is 0 Å². The molecule has 0 fully saturated rings. The molecule has 1 unspecified atom stereocenters. The van der Waals surface area contributed by atoms with Crippen LogP contribution in [0.15, 0.2) is 0 Å². The third-order valence-corrected chi connectivity index (χ3v) is 4.94. The van der Waals surface area contributed by atoms with E-state index in [1.807, 2.05) is 27.7 Å². The first kappa shape index (κ1) is 22.9. The van der Waals surface area contributed by atoms with Crippen LogP contribution in [0.1, 0.15) is 47.5 Å². The number of sulfonamides is 1. The van der Waals surface area contributed by atoms with E-state index in [2.05, 4.69) is 10.6 Å². The van der Waals surface area contributed by atoms with Crippen molar-refractivity contribution < 1.29 is 18.0 Å². The molecule has 0 rings (SSSR count). The molecule has 0 aliphatic carbocycles. The molecule has 0 bridgehead atoms. The zero-order valence-corrected chi connectivity index (χ0v) is 16.6. The van der Waals surface area contributed by atoms with Gasteiger partial charge in [-0.05, 0) is 18.3 Å². The molecule has 0 heterocycles. The van der Waals surface area contributed by atoms with Crippen LogP contribution >= 0.6 is 0 Å². The number of nitrogens with one attached hydrogen (secondary N) is 2. The van der Waals surface area contributed by atoms with Crippen LogP contribution in [0, 0.1) is 11.8 Å². The van der Waals surface area contributed by atoms with Crippen molar-refractivity contribution in [2.45, 2.75) is 53.5 Å². The molecule has 2 N–H and O–H groups in total. The van der Waals surface area contributed by atoms with Gasteiger partial charge in [-0.2, -0.15) is 0 Å². The predicted octanol–water partition coefficient (Wildman–Crippen LogP) is 0.961. The van der Waals surface area contributed by atoms with Crippen molar-refractivity contribution in [2.75, 3.05) is 25.9 Å². The van der Waals surface area contributed by atoms with Crippen LogP contribution in [0.25, 0.3) is 0 Å². The van der Waals surface area contributed by atoms with E-state index in [1.54, 1.807) is 6.92 Å². The van der Waals surface area contributed by atoms with E-state index >= 15 is 0 Å². The zero-order valence-electron chi connectivity index (χ0n) is 15.8. The first-order chi connectivity index (χ1) is 11.0. The average molecular weight is 364 g/mol. The maximum absolute atomic E-state index is 12.3. The van der Waals surface area contributed by atoms with E-state index in [1.165, 1.54) is 10.6 Å². The van der Waals surface area contributed by atoms with Crippen LogP contribution in [0.2, 0.25) is 0 Å². The van der Waals surface area contributed by atoms with Gasteiger partial charge in [-0.3, -0.25) is 9.59 Å². The van der Waals surface area contributed by atoms with Crippen molar-refractivity contribution in [3.63, 3.8) is 0 Å². The summed E-state index contributed by atoms with van der Waals surface area (Å²) in [7, 11) is -3.21. The highest BCUT2D eigenvalue weighted by atomic mass is 32.2. The quantitative estimate of drug-likeness (QED) is 0.535. The lowest BCUT2D eigenvalue weighted by Gasteiger charge is -2.23. The van der Waals surface area contributed by atoms with E-state index in [4.69, 9.17) is 0 Å². The summed E-state index contributed by atoms with van der Waals surface area (Å²) in [5.74, 6) is -0.154. The smallest absolute Gasteiger partial charge is 0.242 e. The SMILES string of the molecule is CCN(CCCNC(=O)C(NC(=O)CC(C)C)C(C)C)S(C)(=O)=O. The Labute approximate surface area is 146 Å². The Morgan fingerprint density at radius 3 is 2.12 bits per heavy atom. The second kappa shape index (κ2) is 10.7. The molecule has 0 saturated heterocycles. The van der Waals surface area contributed by atoms with Crippen LogP contribution in [0.5, 0.6) is 0 Å². The molecular formula is C16H33N3O4S. The molecule has 2 amide bonds. The maximum Gasteiger partial charge on any atom is 0.242 e. The molecule has 0 saturated carbocycles. The standard InChI is InChI=1S/C16H33N3O4S/c1-7-19(24(6,22)23)10-8-9-17-16(21)15(13(4)5)18-14(20)11-12(2)3/h12-13,15H,7-11H2,1-6H3,(H,17,21)(H,18,20). The van der Waals surface area contributed by atoms with Gasteiger partial charge in [0.25, 0.3) is 0 Å². The van der Waals surface area contributed by atoms with Gasteiger partial charge in [0.05, 0.1) is 6.26 Å². The van der Waals surface area contributed by atoms with Gasteiger partial charge in [-0.1, -0.05) is 34.6 Å². The molecule has 7 nitrogen and oxygen atoms in total. The Bertz CT molecular complexity index is 503. The molecule has 0 aromatic rings. The summed E-state index contributed by atoms with van der Waals surface area (Å²) in [6, 6.07) is -0.576. The van der Waals surface area contributed by atoms with E-state index < -0.39 is 16.1 Å². The van der Waals surface area contributed by atoms with E-state index in [0.717, 1.165) is 0 Å². The first-order valence-corrected chi connectivity index (χ1v) is 10.4. The minimum Gasteiger partial charge on any atom is -0.354 e. The summed E-state index contributed by atoms with van der Waals surface area (Å²) in [6.45, 7) is 10.6. The van der Waals surface area contributed by atoms with Crippen molar-refractivity contribution in [3.05, 3.63) is 0 Å². The van der Waals surface area contributed by atoms with E-state index in [0.29, 0.717) is 32.5 Å². The van der Waals surface area contributed by atoms with Gasteiger partial charge in [0, 0.05) is 26.1 Å². The van der Waals surface area contributed by atoms with Crippen LogP contribution in [0.3, 0.4) is 0 Å². The Morgan fingerprint density at radius 2 is 1.71 bits per heavy atom. The number of carbonyl (C=O) groups is 2. The lowest BCUT2D eigenvalue weighted by atomic mass is 10.0. The minimum atomic E-state index is -3.21. The number of amides is 2. The summed E-state index contributed by atoms with van der Waals surface area (Å²) < 4.78 is 24.3. The third kappa shape index (κ3) is 9.22. The molecule has 0 aromatic heterocycles. The van der Waals surface area contributed by atoms with E-state index in [9.17, 15) is 18.0 Å². The number of hydrogen-bond acceptors (Lipinski definition) is 4. The summed E-state index contributed by atoms with van der Waals surface area (Å²) >= 11 is 0. The Hall–Kier alpha value is -1.15. The second-order valence-electron chi connectivity index (χ2n) is 6.79. The van der Waals surface area contributed by atoms with Gasteiger partial charge in [-0.15, -0.1) is 0 Å². The highest BCUT2D eigenvalue weighted by Crippen LogP contribution is 2.05. The van der Waals surface area contributed by atoms with Crippen LogP contribution in [-0.4, -0.2) is 56.5 Å². The Kier molecular flexibility index (Phi) is 10.1. The highest BCUT2D eigenvalue weighted by Gasteiger charge is 2.24. The molecule has 1 atom stereocenters. The van der Waals surface area contributed by atoms with Crippen LogP contribution in [0.4, 0.5) is 0 Å². The molecule has 8 heteroatoms. The molecule has 24 heavy (non-hydrogen) atoms.